The zero-order chi connectivity index (χ0) is 18.0. The van der Waals surface area contributed by atoms with E-state index >= 15 is 0 Å². The van der Waals surface area contributed by atoms with E-state index in [2.05, 4.69) is 5.32 Å². The number of anilines is 1. The second-order valence-corrected chi connectivity index (χ2v) is 6.37. The quantitative estimate of drug-likeness (QED) is 0.705. The molecule has 25 heavy (non-hydrogen) atoms. The molecule has 3 aromatic rings. The summed E-state index contributed by atoms with van der Waals surface area (Å²) in [4.78, 5) is 24.1. The highest BCUT2D eigenvalue weighted by molar-refractivity contribution is 7.15. The molecule has 1 aromatic heterocycles. The van der Waals surface area contributed by atoms with Crippen LogP contribution in [0.3, 0.4) is 0 Å². The van der Waals surface area contributed by atoms with Gasteiger partial charge in [-0.25, -0.2) is 9.18 Å². The maximum Gasteiger partial charge on any atom is 0.339 e. The van der Waals surface area contributed by atoms with Crippen LogP contribution < -0.4 is 5.32 Å². The summed E-state index contributed by atoms with van der Waals surface area (Å²) in [5, 5.41) is 14.1. The Balaban J connectivity index is 1.96. The van der Waals surface area contributed by atoms with Crippen LogP contribution in [-0.4, -0.2) is 17.0 Å². The second-order valence-electron chi connectivity index (χ2n) is 5.49. The van der Waals surface area contributed by atoms with Gasteiger partial charge in [-0.1, -0.05) is 29.8 Å². The SMILES string of the molecule is Cc1cccc(C(=O)Nc2scc(-c3ccc(F)cc3)c2C(=O)O)c1. The number of benzene rings is 2. The van der Waals surface area contributed by atoms with Gasteiger partial charge in [0.05, 0.1) is 0 Å². The third-order valence-electron chi connectivity index (χ3n) is 3.67. The Morgan fingerprint density at radius 2 is 1.84 bits per heavy atom. The van der Waals surface area contributed by atoms with Crippen LogP contribution >= 0.6 is 11.3 Å². The second kappa shape index (κ2) is 6.86. The van der Waals surface area contributed by atoms with E-state index in [9.17, 15) is 19.1 Å². The minimum Gasteiger partial charge on any atom is -0.478 e. The summed E-state index contributed by atoms with van der Waals surface area (Å²) < 4.78 is 13.1. The number of rotatable bonds is 4. The molecule has 126 valence electrons. The number of thiophene rings is 1. The summed E-state index contributed by atoms with van der Waals surface area (Å²) in [6.45, 7) is 1.87. The fourth-order valence-corrected chi connectivity index (χ4v) is 3.42. The van der Waals surface area contributed by atoms with Gasteiger partial charge >= 0.3 is 5.97 Å². The molecule has 6 heteroatoms. The summed E-state index contributed by atoms with van der Waals surface area (Å²) in [7, 11) is 0. The molecular weight excluding hydrogens is 341 g/mol. The summed E-state index contributed by atoms with van der Waals surface area (Å²) >= 11 is 1.12. The molecule has 0 bridgehead atoms. The fraction of sp³-hybridized carbons (Fsp3) is 0.0526. The predicted octanol–water partition coefficient (Wildman–Crippen LogP) is 4.81. The van der Waals surface area contributed by atoms with Crippen LogP contribution in [0.2, 0.25) is 0 Å². The fourth-order valence-electron chi connectivity index (χ4n) is 2.47. The van der Waals surface area contributed by atoms with Crippen LogP contribution in [0.5, 0.6) is 0 Å². The number of carbonyl (C=O) groups excluding carboxylic acids is 1. The molecule has 0 aliphatic rings. The van der Waals surface area contributed by atoms with Gasteiger partial charge in [0.15, 0.2) is 0 Å². The molecule has 0 radical (unpaired) electrons. The Morgan fingerprint density at radius 3 is 2.48 bits per heavy atom. The first-order valence-electron chi connectivity index (χ1n) is 7.44. The molecule has 0 fully saturated rings. The van der Waals surface area contributed by atoms with Gasteiger partial charge in [-0.3, -0.25) is 4.79 Å². The van der Waals surface area contributed by atoms with Crippen molar-refractivity contribution in [3.8, 4) is 11.1 Å². The zero-order valence-corrected chi connectivity index (χ0v) is 14.1. The van der Waals surface area contributed by atoms with Crippen molar-refractivity contribution in [3.05, 3.63) is 76.4 Å². The Bertz CT molecular complexity index is 948. The first-order chi connectivity index (χ1) is 12.0. The van der Waals surface area contributed by atoms with E-state index in [1.165, 1.54) is 24.3 Å². The van der Waals surface area contributed by atoms with Gasteiger partial charge in [-0.15, -0.1) is 11.3 Å². The molecule has 3 rings (SSSR count). The third-order valence-corrected chi connectivity index (χ3v) is 4.56. The number of amides is 1. The first-order valence-corrected chi connectivity index (χ1v) is 8.32. The normalized spacial score (nSPS) is 10.5. The number of nitrogens with one attached hydrogen (secondary N) is 1. The molecule has 0 aliphatic heterocycles. The molecular formula is C19H14FNO3S. The van der Waals surface area contributed by atoms with Gasteiger partial charge in [0.25, 0.3) is 5.91 Å². The maximum absolute atomic E-state index is 13.1. The minimum atomic E-state index is -1.15. The van der Waals surface area contributed by atoms with Crippen LogP contribution in [0.1, 0.15) is 26.3 Å². The average molecular weight is 355 g/mol. The highest BCUT2D eigenvalue weighted by Gasteiger charge is 2.21. The van der Waals surface area contributed by atoms with Crippen molar-refractivity contribution < 1.29 is 19.1 Å². The van der Waals surface area contributed by atoms with Gasteiger partial charge in [-0.05, 0) is 36.8 Å². The molecule has 4 nitrogen and oxygen atoms in total. The summed E-state index contributed by atoms with van der Waals surface area (Å²) in [6.07, 6.45) is 0. The summed E-state index contributed by atoms with van der Waals surface area (Å²) in [5.41, 5.74) is 2.40. The lowest BCUT2D eigenvalue weighted by atomic mass is 10.0. The monoisotopic (exact) mass is 355 g/mol. The van der Waals surface area contributed by atoms with Crippen molar-refractivity contribution >= 4 is 28.2 Å². The van der Waals surface area contributed by atoms with Crippen molar-refractivity contribution in [2.75, 3.05) is 5.32 Å². The van der Waals surface area contributed by atoms with Crippen LogP contribution in [0.4, 0.5) is 9.39 Å². The van der Waals surface area contributed by atoms with Gasteiger partial charge in [0.2, 0.25) is 0 Å². The average Bonchev–Trinajstić information content (AvgIpc) is 2.99. The Kier molecular flexibility index (Phi) is 4.63. The number of carbonyl (C=O) groups is 2. The number of aromatic carboxylic acids is 1. The van der Waals surface area contributed by atoms with Crippen molar-refractivity contribution in [1.29, 1.82) is 0 Å². The van der Waals surface area contributed by atoms with Crippen LogP contribution in [0, 0.1) is 12.7 Å². The molecule has 0 saturated heterocycles. The van der Waals surface area contributed by atoms with Gasteiger partial charge in [0.1, 0.15) is 16.4 Å². The molecule has 0 aliphatic carbocycles. The van der Waals surface area contributed by atoms with Crippen molar-refractivity contribution in [2.24, 2.45) is 0 Å². The maximum atomic E-state index is 13.1. The smallest absolute Gasteiger partial charge is 0.339 e. The van der Waals surface area contributed by atoms with E-state index in [1.807, 2.05) is 13.0 Å². The van der Waals surface area contributed by atoms with E-state index in [-0.39, 0.29) is 16.5 Å². The van der Waals surface area contributed by atoms with E-state index in [1.54, 1.807) is 23.6 Å². The van der Waals surface area contributed by atoms with Crippen molar-refractivity contribution in [1.82, 2.24) is 0 Å². The Hall–Kier alpha value is -2.99. The molecule has 0 saturated carbocycles. The Labute approximate surface area is 147 Å². The van der Waals surface area contributed by atoms with Crippen LogP contribution in [-0.2, 0) is 0 Å². The predicted molar refractivity (Wildman–Crippen MR) is 95.8 cm³/mol. The molecule has 1 amide bonds. The number of aryl methyl sites for hydroxylation is 1. The van der Waals surface area contributed by atoms with E-state index in [4.69, 9.17) is 0 Å². The van der Waals surface area contributed by atoms with Gasteiger partial charge < -0.3 is 10.4 Å². The summed E-state index contributed by atoms with van der Waals surface area (Å²) in [5.74, 6) is -1.93. The lowest BCUT2D eigenvalue weighted by molar-refractivity contribution is 0.0699. The van der Waals surface area contributed by atoms with Gasteiger partial charge in [0, 0.05) is 16.5 Å². The van der Waals surface area contributed by atoms with E-state index < -0.39 is 11.8 Å². The third kappa shape index (κ3) is 3.59. The van der Waals surface area contributed by atoms with Crippen LogP contribution in [0.25, 0.3) is 11.1 Å². The zero-order valence-electron chi connectivity index (χ0n) is 13.2. The molecule has 0 atom stereocenters. The van der Waals surface area contributed by atoms with Crippen LogP contribution in [0.15, 0.2) is 53.9 Å². The lowest BCUT2D eigenvalue weighted by Crippen LogP contribution is -2.13. The summed E-state index contributed by atoms with van der Waals surface area (Å²) in [6, 6.07) is 12.6. The minimum absolute atomic E-state index is 0.00221. The lowest BCUT2D eigenvalue weighted by Gasteiger charge is -2.07. The molecule has 2 N–H and O–H groups in total. The highest BCUT2D eigenvalue weighted by atomic mass is 32.1. The molecule has 2 aromatic carbocycles. The number of halogens is 1. The largest absolute Gasteiger partial charge is 0.478 e. The van der Waals surface area contributed by atoms with E-state index in [0.29, 0.717) is 16.7 Å². The first kappa shape index (κ1) is 16.9. The van der Waals surface area contributed by atoms with Gasteiger partial charge in [-0.2, -0.15) is 0 Å². The Morgan fingerprint density at radius 1 is 1.12 bits per heavy atom. The number of carboxylic acids is 1. The van der Waals surface area contributed by atoms with E-state index in [0.717, 1.165) is 16.9 Å². The standard InChI is InChI=1S/C19H14FNO3S/c1-11-3-2-4-13(9-11)17(22)21-18-16(19(23)24)15(10-25-18)12-5-7-14(20)8-6-12/h2-10H,1H3,(H,21,22)(H,23,24). The topological polar surface area (TPSA) is 66.4 Å². The molecule has 0 spiro atoms. The van der Waals surface area contributed by atoms with Crippen molar-refractivity contribution in [2.45, 2.75) is 6.92 Å². The number of hydrogen-bond acceptors (Lipinski definition) is 3. The highest BCUT2D eigenvalue weighted by Crippen LogP contribution is 2.36. The number of carboxylic acid groups (broad SMARTS) is 1. The molecule has 1 heterocycles. The number of hydrogen-bond donors (Lipinski definition) is 2. The van der Waals surface area contributed by atoms with Crippen molar-refractivity contribution in [3.63, 3.8) is 0 Å². The molecule has 0 unspecified atom stereocenters.